The molecule has 10 nitrogen and oxygen atoms in total. The van der Waals surface area contributed by atoms with E-state index < -0.39 is 17.4 Å². The summed E-state index contributed by atoms with van der Waals surface area (Å²) in [7, 11) is 0. The quantitative estimate of drug-likeness (QED) is 0.279. The van der Waals surface area contributed by atoms with E-state index in [4.69, 9.17) is 24.2 Å². The van der Waals surface area contributed by atoms with Gasteiger partial charge in [-0.2, -0.15) is 0 Å². The first kappa shape index (κ1) is 26.8. The van der Waals surface area contributed by atoms with Crippen LogP contribution in [-0.2, 0) is 14.2 Å². The Kier molecular flexibility index (Phi) is 7.21. The number of benzene rings is 1. The molecule has 0 radical (unpaired) electrons. The second-order valence-electron chi connectivity index (χ2n) is 10.7. The number of aromatic nitrogens is 5. The van der Waals surface area contributed by atoms with E-state index in [1.165, 1.54) is 6.07 Å². The van der Waals surface area contributed by atoms with Crippen LogP contribution in [0.3, 0.4) is 0 Å². The molecule has 0 bridgehead atoms. The van der Waals surface area contributed by atoms with Crippen LogP contribution in [0.5, 0.6) is 0 Å². The van der Waals surface area contributed by atoms with E-state index in [1.54, 1.807) is 22.5 Å². The Morgan fingerprint density at radius 1 is 1.18 bits per heavy atom. The van der Waals surface area contributed by atoms with Gasteiger partial charge in [0.05, 0.1) is 25.4 Å². The van der Waals surface area contributed by atoms with Crippen molar-refractivity contribution < 1.29 is 28.1 Å². The normalized spacial score (nSPS) is 29.2. The Morgan fingerprint density at radius 2 is 2.00 bits per heavy atom. The first-order valence-electron chi connectivity index (χ1n) is 13.3. The number of aliphatic hydroxyl groups excluding tert-OH is 1. The van der Waals surface area contributed by atoms with E-state index in [9.17, 15) is 13.9 Å². The molecule has 39 heavy (non-hydrogen) atoms. The topological polar surface area (TPSA) is 116 Å². The van der Waals surface area contributed by atoms with Crippen molar-refractivity contribution in [3.8, 4) is 0 Å². The number of thioether (sulfide) groups is 1. The molecule has 2 aromatic heterocycles. The van der Waals surface area contributed by atoms with E-state index in [2.05, 4.69) is 22.6 Å². The molecule has 1 aromatic carbocycles. The number of anilines is 1. The lowest BCUT2D eigenvalue weighted by atomic mass is 10.1. The number of fused-ring (bicyclic) bond motifs is 2. The molecule has 1 saturated heterocycles. The van der Waals surface area contributed by atoms with E-state index in [0.29, 0.717) is 28.6 Å². The minimum atomic E-state index is -0.853. The second-order valence-corrected chi connectivity index (χ2v) is 11.7. The summed E-state index contributed by atoms with van der Waals surface area (Å²) in [4.78, 5) is 9.57. The molecule has 6 rings (SSSR count). The second kappa shape index (κ2) is 10.5. The predicted octanol–water partition coefficient (Wildman–Crippen LogP) is 3.81. The lowest BCUT2D eigenvalue weighted by Gasteiger charge is -2.23. The maximum absolute atomic E-state index is 13.8. The summed E-state index contributed by atoms with van der Waals surface area (Å²) in [5.41, 5.74) is 1.85. The molecule has 3 fully saturated rings. The van der Waals surface area contributed by atoms with E-state index in [-0.39, 0.29) is 49.5 Å². The molecule has 13 heteroatoms. The molecule has 210 valence electrons. The highest BCUT2D eigenvalue weighted by molar-refractivity contribution is 7.99. The van der Waals surface area contributed by atoms with Gasteiger partial charge in [-0.05, 0) is 44.4 Å². The lowest BCUT2D eigenvalue weighted by Crippen LogP contribution is -2.31. The molecule has 0 spiro atoms. The van der Waals surface area contributed by atoms with Crippen LogP contribution < -0.4 is 5.32 Å². The van der Waals surface area contributed by atoms with Gasteiger partial charge in [-0.3, -0.25) is 0 Å². The molecular weight excluding hydrogens is 530 g/mol. The van der Waals surface area contributed by atoms with Crippen LogP contribution in [0.1, 0.15) is 57.6 Å². The number of ether oxygens (including phenoxy) is 3. The van der Waals surface area contributed by atoms with Gasteiger partial charge in [-0.15, -0.1) is 5.10 Å². The minimum Gasteiger partial charge on any atom is -0.394 e. The van der Waals surface area contributed by atoms with Gasteiger partial charge in [0.1, 0.15) is 12.2 Å². The zero-order valence-corrected chi connectivity index (χ0v) is 22.8. The first-order valence-corrected chi connectivity index (χ1v) is 14.3. The summed E-state index contributed by atoms with van der Waals surface area (Å²) in [5, 5.41) is 22.3. The van der Waals surface area contributed by atoms with E-state index >= 15 is 0 Å². The largest absolute Gasteiger partial charge is 0.394 e. The molecule has 6 atom stereocenters. The van der Waals surface area contributed by atoms with Crippen LogP contribution in [0.2, 0.25) is 0 Å². The van der Waals surface area contributed by atoms with Gasteiger partial charge < -0.3 is 24.6 Å². The standard InChI is InChI=1S/C26H32F2N6O4S/c1-4-9-39-25-30-23(29-17-11-14(17)13-5-6-15(27)16(28)10-13)20-24(31-25)34(33-32-20)18-12-19(36-8-7-35)22-21(18)37-26(2,3)38-22/h5-6,10,14,17-19,21-22,35H,4,7-9,11-12H2,1-3H3,(H,29,30,31)/t14?,17-,18-,19+,21?,22-/m1/s1. The molecule has 3 aliphatic rings. The van der Waals surface area contributed by atoms with Crippen LogP contribution in [0, 0.1) is 11.6 Å². The highest BCUT2D eigenvalue weighted by Crippen LogP contribution is 2.46. The van der Waals surface area contributed by atoms with Crippen molar-refractivity contribution in [1.29, 1.82) is 0 Å². The third-order valence-corrected chi connectivity index (χ3v) is 8.40. The summed E-state index contributed by atoms with van der Waals surface area (Å²) in [6.07, 6.45) is 1.38. The van der Waals surface area contributed by atoms with Gasteiger partial charge >= 0.3 is 0 Å². The zero-order chi connectivity index (χ0) is 27.3. The number of hydrogen-bond acceptors (Lipinski definition) is 10. The number of hydrogen-bond donors (Lipinski definition) is 2. The third-order valence-electron chi connectivity index (χ3n) is 7.34. The number of rotatable bonds is 10. The lowest BCUT2D eigenvalue weighted by molar-refractivity contribution is -0.171. The summed E-state index contributed by atoms with van der Waals surface area (Å²) in [6, 6.07) is 3.80. The molecule has 2 aliphatic carbocycles. The molecule has 3 heterocycles. The SMILES string of the molecule is CCCSc1nc(N[C@@H]2CC2c2ccc(F)c(F)c2)c2nnn([C@@H]3C[C@H](OCCO)[C@H]4OC(C)(C)OC34)c2n1. The molecule has 2 N–H and O–H groups in total. The van der Waals surface area contributed by atoms with Crippen LogP contribution in [-0.4, -0.2) is 79.2 Å². The van der Waals surface area contributed by atoms with E-state index in [1.807, 2.05) is 13.8 Å². The predicted molar refractivity (Wildman–Crippen MR) is 140 cm³/mol. The number of halogens is 2. The van der Waals surface area contributed by atoms with Gasteiger partial charge in [-0.25, -0.2) is 23.4 Å². The third kappa shape index (κ3) is 5.22. The van der Waals surface area contributed by atoms with Crippen LogP contribution in [0.15, 0.2) is 23.4 Å². The van der Waals surface area contributed by atoms with Crippen LogP contribution >= 0.6 is 11.8 Å². The fraction of sp³-hybridized carbons (Fsp3) is 0.615. The van der Waals surface area contributed by atoms with Gasteiger partial charge in [0, 0.05) is 24.1 Å². The highest BCUT2D eigenvalue weighted by atomic mass is 32.2. The maximum Gasteiger partial charge on any atom is 0.191 e. The summed E-state index contributed by atoms with van der Waals surface area (Å²) < 4.78 is 47.4. The fourth-order valence-corrected chi connectivity index (χ4v) is 6.24. The fourth-order valence-electron chi connectivity index (χ4n) is 5.55. The van der Waals surface area contributed by atoms with Crippen LogP contribution in [0.25, 0.3) is 11.2 Å². The van der Waals surface area contributed by atoms with Crippen molar-refractivity contribution in [2.45, 2.75) is 87.3 Å². The molecule has 3 aromatic rings. The van der Waals surface area contributed by atoms with Gasteiger partial charge in [-0.1, -0.05) is 30.0 Å². The zero-order valence-electron chi connectivity index (χ0n) is 22.0. The van der Waals surface area contributed by atoms with Crippen molar-refractivity contribution in [3.05, 3.63) is 35.4 Å². The maximum atomic E-state index is 13.8. The first-order chi connectivity index (χ1) is 18.8. The van der Waals surface area contributed by atoms with Crippen molar-refractivity contribution in [2.24, 2.45) is 0 Å². The molecule has 2 unspecified atom stereocenters. The van der Waals surface area contributed by atoms with Gasteiger partial charge in [0.2, 0.25) is 0 Å². The van der Waals surface area contributed by atoms with Crippen molar-refractivity contribution in [1.82, 2.24) is 25.0 Å². The summed E-state index contributed by atoms with van der Waals surface area (Å²) in [5.74, 6) is -1.03. The highest BCUT2D eigenvalue weighted by Gasteiger charge is 2.56. The Balaban J connectivity index is 1.31. The number of aliphatic hydroxyl groups is 1. The molecular formula is C26H32F2N6O4S. The Hall–Kier alpha value is -2.45. The van der Waals surface area contributed by atoms with Gasteiger partial charge in [0.15, 0.2) is 39.6 Å². The Morgan fingerprint density at radius 3 is 2.77 bits per heavy atom. The number of nitrogens with zero attached hydrogens (tertiary/aromatic N) is 5. The average molecular weight is 563 g/mol. The minimum absolute atomic E-state index is 0.00150. The van der Waals surface area contributed by atoms with Crippen molar-refractivity contribution in [2.75, 3.05) is 24.3 Å². The number of nitrogens with one attached hydrogen (secondary N) is 1. The monoisotopic (exact) mass is 562 g/mol. The molecule has 1 aliphatic heterocycles. The Bertz CT molecular complexity index is 1360. The van der Waals surface area contributed by atoms with Crippen LogP contribution in [0.4, 0.5) is 14.6 Å². The Labute approximate surface area is 228 Å². The summed E-state index contributed by atoms with van der Waals surface area (Å²) >= 11 is 1.55. The van der Waals surface area contributed by atoms with Crippen molar-refractivity contribution in [3.63, 3.8) is 0 Å². The molecule has 0 amide bonds. The average Bonchev–Trinajstić information content (AvgIpc) is 3.24. The smallest absolute Gasteiger partial charge is 0.191 e. The van der Waals surface area contributed by atoms with E-state index in [0.717, 1.165) is 30.2 Å². The summed E-state index contributed by atoms with van der Waals surface area (Å²) in [6.45, 7) is 5.96. The van der Waals surface area contributed by atoms with Crippen molar-refractivity contribution >= 4 is 28.7 Å². The van der Waals surface area contributed by atoms with Gasteiger partial charge in [0.25, 0.3) is 0 Å². The molecule has 2 saturated carbocycles.